The van der Waals surface area contributed by atoms with Crippen LogP contribution in [0.2, 0.25) is 0 Å². The van der Waals surface area contributed by atoms with Crippen molar-refractivity contribution in [2.75, 3.05) is 4.90 Å². The number of benzene rings is 4. The van der Waals surface area contributed by atoms with Crippen LogP contribution >= 0.6 is 0 Å². The molecule has 3 N–H and O–H groups in total. The van der Waals surface area contributed by atoms with Gasteiger partial charge in [-0.25, -0.2) is 0 Å². The molecule has 168 valence electrons. The average molecular weight is 442 g/mol. The molecule has 0 saturated carbocycles. The van der Waals surface area contributed by atoms with E-state index in [9.17, 15) is 15.3 Å². The largest absolute Gasteiger partial charge is 0.508 e. The number of aromatic hydroxyl groups is 3. The SMILES string of the molecule is Cc1cc(C)c(Oc2ccc(N(c3cccc(O)c3C)c3cccc(O)c3C)cc2)cc1O. The molecule has 5 nitrogen and oxygen atoms in total. The van der Waals surface area contributed by atoms with Gasteiger partial charge in [-0.05, 0) is 93.4 Å². The number of hydrogen-bond donors (Lipinski definition) is 3. The molecule has 4 rings (SSSR count). The smallest absolute Gasteiger partial charge is 0.134 e. The Morgan fingerprint density at radius 3 is 1.70 bits per heavy atom. The first kappa shape index (κ1) is 22.1. The zero-order valence-electron chi connectivity index (χ0n) is 19.1. The van der Waals surface area contributed by atoms with Crippen molar-refractivity contribution in [3.8, 4) is 28.7 Å². The van der Waals surface area contributed by atoms with Crippen molar-refractivity contribution in [1.82, 2.24) is 0 Å². The van der Waals surface area contributed by atoms with Gasteiger partial charge in [-0.1, -0.05) is 12.1 Å². The summed E-state index contributed by atoms with van der Waals surface area (Å²) in [4.78, 5) is 2.00. The summed E-state index contributed by atoms with van der Waals surface area (Å²) in [5.41, 5.74) is 5.63. The summed E-state index contributed by atoms with van der Waals surface area (Å²) >= 11 is 0. The Balaban J connectivity index is 1.76. The fraction of sp³-hybridized carbons (Fsp3) is 0.143. The molecule has 0 radical (unpaired) electrons. The first-order chi connectivity index (χ1) is 15.8. The van der Waals surface area contributed by atoms with E-state index in [0.29, 0.717) is 11.5 Å². The molecule has 0 bridgehead atoms. The fourth-order valence-corrected chi connectivity index (χ4v) is 3.84. The van der Waals surface area contributed by atoms with Gasteiger partial charge >= 0.3 is 0 Å². The summed E-state index contributed by atoms with van der Waals surface area (Å²) in [7, 11) is 0. The second-order valence-electron chi connectivity index (χ2n) is 8.18. The molecule has 0 aliphatic rings. The Morgan fingerprint density at radius 1 is 0.606 bits per heavy atom. The molecule has 33 heavy (non-hydrogen) atoms. The number of anilines is 3. The Hall–Kier alpha value is -4.12. The quantitative estimate of drug-likeness (QED) is 0.303. The highest BCUT2D eigenvalue weighted by Gasteiger charge is 2.19. The molecule has 0 saturated heterocycles. The number of rotatable bonds is 5. The van der Waals surface area contributed by atoms with E-state index in [1.54, 1.807) is 30.3 Å². The maximum atomic E-state index is 10.3. The van der Waals surface area contributed by atoms with Gasteiger partial charge in [0.2, 0.25) is 0 Å². The highest BCUT2D eigenvalue weighted by molar-refractivity contribution is 5.82. The van der Waals surface area contributed by atoms with Crippen LogP contribution < -0.4 is 9.64 Å². The minimum absolute atomic E-state index is 0.192. The van der Waals surface area contributed by atoms with E-state index in [1.807, 2.05) is 75.1 Å². The van der Waals surface area contributed by atoms with Crippen LogP contribution in [-0.4, -0.2) is 15.3 Å². The zero-order chi connectivity index (χ0) is 23.7. The fourth-order valence-electron chi connectivity index (χ4n) is 3.84. The lowest BCUT2D eigenvalue weighted by molar-refractivity contribution is 0.450. The van der Waals surface area contributed by atoms with Crippen molar-refractivity contribution >= 4 is 17.1 Å². The second kappa shape index (κ2) is 8.79. The molecular weight excluding hydrogens is 414 g/mol. The Labute approximate surface area is 193 Å². The third-order valence-electron chi connectivity index (χ3n) is 5.85. The van der Waals surface area contributed by atoms with Gasteiger partial charge in [0.15, 0.2) is 0 Å². The van der Waals surface area contributed by atoms with E-state index in [2.05, 4.69) is 0 Å². The number of phenols is 3. The van der Waals surface area contributed by atoms with Crippen LogP contribution in [0, 0.1) is 27.7 Å². The van der Waals surface area contributed by atoms with Crippen molar-refractivity contribution in [2.24, 2.45) is 0 Å². The van der Waals surface area contributed by atoms with Crippen LogP contribution in [0.1, 0.15) is 22.3 Å². The van der Waals surface area contributed by atoms with Gasteiger partial charge in [-0.2, -0.15) is 0 Å². The second-order valence-corrected chi connectivity index (χ2v) is 8.18. The molecule has 0 aromatic heterocycles. The molecular formula is C28H27NO4. The summed E-state index contributed by atoms with van der Waals surface area (Å²) in [6.07, 6.45) is 0. The van der Waals surface area contributed by atoms with Crippen LogP contribution in [0.15, 0.2) is 72.8 Å². The van der Waals surface area contributed by atoms with Gasteiger partial charge in [-0.3, -0.25) is 0 Å². The predicted molar refractivity (Wildman–Crippen MR) is 132 cm³/mol. The lowest BCUT2D eigenvalue weighted by Gasteiger charge is -2.29. The standard InChI is InChI=1S/C28H27NO4/c1-17-15-18(2)28(16-27(17)32)33-22-13-11-21(12-14-22)29(23-7-5-9-25(30)19(23)3)24-8-6-10-26(31)20(24)4/h5-16,30-32H,1-4H3. The predicted octanol–water partition coefficient (Wildman–Crippen LogP) is 7.30. The first-order valence-corrected chi connectivity index (χ1v) is 10.7. The highest BCUT2D eigenvalue weighted by Crippen LogP contribution is 2.42. The number of phenolic OH excluding ortho intramolecular Hbond substituents is 3. The normalized spacial score (nSPS) is 10.8. The third kappa shape index (κ3) is 4.30. The molecule has 0 aliphatic heterocycles. The first-order valence-electron chi connectivity index (χ1n) is 10.7. The Kier molecular flexibility index (Phi) is 5.88. The van der Waals surface area contributed by atoms with Crippen molar-refractivity contribution in [3.05, 3.63) is 95.1 Å². The molecule has 0 fully saturated rings. The van der Waals surface area contributed by atoms with Crippen molar-refractivity contribution in [3.63, 3.8) is 0 Å². The van der Waals surface area contributed by atoms with E-state index in [4.69, 9.17) is 4.74 Å². The van der Waals surface area contributed by atoms with E-state index >= 15 is 0 Å². The van der Waals surface area contributed by atoms with E-state index < -0.39 is 0 Å². The summed E-state index contributed by atoms with van der Waals surface area (Å²) in [5.74, 6) is 1.81. The minimum Gasteiger partial charge on any atom is -0.508 e. The maximum absolute atomic E-state index is 10.3. The van der Waals surface area contributed by atoms with Crippen LogP contribution in [0.4, 0.5) is 17.1 Å². The van der Waals surface area contributed by atoms with Gasteiger partial charge in [0, 0.05) is 22.9 Å². The minimum atomic E-state index is 0.192. The summed E-state index contributed by atoms with van der Waals surface area (Å²) in [6, 6.07) is 21.8. The summed E-state index contributed by atoms with van der Waals surface area (Å²) in [6.45, 7) is 7.51. The molecule has 4 aromatic rings. The average Bonchev–Trinajstić information content (AvgIpc) is 2.79. The van der Waals surface area contributed by atoms with E-state index in [0.717, 1.165) is 39.3 Å². The number of hydrogen-bond acceptors (Lipinski definition) is 5. The number of ether oxygens (including phenoxy) is 1. The van der Waals surface area contributed by atoms with Crippen LogP contribution in [-0.2, 0) is 0 Å². The highest BCUT2D eigenvalue weighted by atomic mass is 16.5. The Morgan fingerprint density at radius 2 is 1.15 bits per heavy atom. The van der Waals surface area contributed by atoms with E-state index in [1.165, 1.54) is 0 Å². The van der Waals surface area contributed by atoms with Crippen molar-refractivity contribution in [2.45, 2.75) is 27.7 Å². The molecule has 0 atom stereocenters. The van der Waals surface area contributed by atoms with Gasteiger partial charge in [0.1, 0.15) is 28.7 Å². The molecule has 0 heterocycles. The van der Waals surface area contributed by atoms with Gasteiger partial charge in [-0.15, -0.1) is 0 Å². The number of aryl methyl sites for hydroxylation is 2. The molecule has 4 aromatic carbocycles. The lowest BCUT2D eigenvalue weighted by Crippen LogP contribution is -2.12. The maximum Gasteiger partial charge on any atom is 0.134 e. The van der Waals surface area contributed by atoms with Gasteiger partial charge in [0.25, 0.3) is 0 Å². The Bertz CT molecular complexity index is 1260. The van der Waals surface area contributed by atoms with Crippen molar-refractivity contribution in [1.29, 1.82) is 0 Å². The van der Waals surface area contributed by atoms with Crippen molar-refractivity contribution < 1.29 is 20.1 Å². The lowest BCUT2D eigenvalue weighted by atomic mass is 10.1. The van der Waals surface area contributed by atoms with Gasteiger partial charge < -0.3 is 25.0 Å². The van der Waals surface area contributed by atoms with Crippen LogP contribution in [0.3, 0.4) is 0 Å². The molecule has 0 amide bonds. The molecule has 5 heteroatoms. The summed E-state index contributed by atoms with van der Waals surface area (Å²) < 4.78 is 6.02. The third-order valence-corrected chi connectivity index (χ3v) is 5.85. The topological polar surface area (TPSA) is 73.2 Å². The monoisotopic (exact) mass is 441 g/mol. The summed E-state index contributed by atoms with van der Waals surface area (Å²) in [5, 5.41) is 30.7. The molecule has 0 aliphatic carbocycles. The zero-order valence-corrected chi connectivity index (χ0v) is 19.1. The number of nitrogens with zero attached hydrogens (tertiary/aromatic N) is 1. The molecule has 0 unspecified atom stereocenters. The van der Waals surface area contributed by atoms with Crippen LogP contribution in [0.25, 0.3) is 0 Å². The molecule has 0 spiro atoms. The van der Waals surface area contributed by atoms with Crippen LogP contribution in [0.5, 0.6) is 28.7 Å². The van der Waals surface area contributed by atoms with Gasteiger partial charge in [0.05, 0.1) is 11.4 Å². The van der Waals surface area contributed by atoms with E-state index in [-0.39, 0.29) is 17.2 Å².